The fraction of sp³-hybridized carbons (Fsp3) is 0.200. The Labute approximate surface area is 187 Å². The van der Waals surface area contributed by atoms with Crippen LogP contribution in [0.4, 0.5) is 31.4 Å². The Kier molecular flexibility index (Phi) is 6.49. The maximum absolute atomic E-state index is 14.2. The van der Waals surface area contributed by atoms with Crippen molar-refractivity contribution in [3.05, 3.63) is 53.6 Å². The monoisotopic (exact) mass is 460 g/mol. The summed E-state index contributed by atoms with van der Waals surface area (Å²) in [6.07, 6.45) is -0.139. The Morgan fingerprint density at radius 3 is 2.66 bits per heavy atom. The third-order valence-corrected chi connectivity index (χ3v) is 3.98. The van der Waals surface area contributed by atoms with Crippen molar-refractivity contribution in [1.82, 2.24) is 20.2 Å². The van der Waals surface area contributed by atoms with E-state index in [0.29, 0.717) is 10.7 Å². The molecule has 0 aliphatic carbocycles. The minimum absolute atomic E-state index is 0.148. The lowest BCUT2D eigenvalue weighted by molar-refractivity contribution is 0.0579. The van der Waals surface area contributed by atoms with Gasteiger partial charge in [0, 0.05) is 16.8 Å². The summed E-state index contributed by atoms with van der Waals surface area (Å²) in [6.45, 7) is 4.79. The number of carbonyl (C=O) groups excluding carboxylic acids is 1. The van der Waals surface area contributed by atoms with Crippen LogP contribution in [0.5, 0.6) is 0 Å². The van der Waals surface area contributed by atoms with Crippen LogP contribution in [0.2, 0.25) is 5.02 Å². The molecule has 3 rings (SSSR count). The summed E-state index contributed by atoms with van der Waals surface area (Å²) in [5.41, 5.74) is -0.183. The Balaban J connectivity index is 1.88. The Morgan fingerprint density at radius 2 is 1.97 bits per heavy atom. The third-order valence-electron chi connectivity index (χ3n) is 3.74. The number of imide groups is 1. The summed E-state index contributed by atoms with van der Waals surface area (Å²) in [6, 6.07) is 6.99. The quantitative estimate of drug-likeness (QED) is 0.558. The average Bonchev–Trinajstić information content (AvgIpc) is 2.69. The van der Waals surface area contributed by atoms with Crippen LogP contribution in [0.1, 0.15) is 20.8 Å². The molecule has 0 aliphatic rings. The van der Waals surface area contributed by atoms with Gasteiger partial charge in [-0.1, -0.05) is 11.6 Å². The molecule has 166 valence electrons. The zero-order valence-corrected chi connectivity index (χ0v) is 18.0. The number of hydrogen-bond acceptors (Lipinski definition) is 8. The van der Waals surface area contributed by atoms with E-state index in [1.54, 1.807) is 20.8 Å². The highest BCUT2D eigenvalue weighted by atomic mass is 35.5. The van der Waals surface area contributed by atoms with Crippen molar-refractivity contribution >= 4 is 41.2 Å². The number of ether oxygens (including phenoxy) is 1. The zero-order chi connectivity index (χ0) is 23.5. The Morgan fingerprint density at radius 1 is 1.22 bits per heavy atom. The van der Waals surface area contributed by atoms with Crippen molar-refractivity contribution in [3.63, 3.8) is 0 Å². The molecule has 32 heavy (non-hydrogen) atoms. The molecule has 2 amide bonds. The van der Waals surface area contributed by atoms with E-state index in [0.717, 1.165) is 0 Å². The molecule has 0 spiro atoms. The number of carboxylic acid groups (broad SMARTS) is 1. The summed E-state index contributed by atoms with van der Waals surface area (Å²) >= 11 is 5.94. The maximum atomic E-state index is 14.2. The van der Waals surface area contributed by atoms with Crippen molar-refractivity contribution < 1.29 is 23.8 Å². The van der Waals surface area contributed by atoms with E-state index in [9.17, 15) is 19.1 Å². The highest BCUT2D eigenvalue weighted by Crippen LogP contribution is 2.26. The van der Waals surface area contributed by atoms with Gasteiger partial charge in [-0.05, 0) is 51.1 Å². The molecule has 3 aromatic rings. The normalized spacial score (nSPS) is 11.0. The van der Waals surface area contributed by atoms with E-state index < -0.39 is 29.6 Å². The molecule has 2 N–H and O–H groups in total. The van der Waals surface area contributed by atoms with Crippen LogP contribution in [0.3, 0.4) is 0 Å². The summed E-state index contributed by atoms with van der Waals surface area (Å²) < 4.78 is 19.3. The zero-order valence-electron chi connectivity index (χ0n) is 17.2. The molecular formula is C20H18ClFN6O4. The van der Waals surface area contributed by atoms with Gasteiger partial charge in [-0.25, -0.2) is 19.0 Å². The Bertz CT molecular complexity index is 1170. The first kappa shape index (κ1) is 22.8. The lowest BCUT2D eigenvalue weighted by atomic mass is 10.1. The van der Waals surface area contributed by atoms with Crippen molar-refractivity contribution in [2.75, 3.05) is 10.2 Å². The number of carbonyl (C=O) groups is 2. The van der Waals surface area contributed by atoms with Crippen LogP contribution in [-0.4, -0.2) is 43.1 Å². The summed E-state index contributed by atoms with van der Waals surface area (Å²) in [5.74, 6) is -0.796. The topological polar surface area (TPSA) is 130 Å². The van der Waals surface area contributed by atoms with Gasteiger partial charge in [0.25, 0.3) is 0 Å². The molecule has 10 nitrogen and oxygen atoms in total. The number of benzene rings is 1. The van der Waals surface area contributed by atoms with Gasteiger partial charge in [-0.3, -0.25) is 0 Å². The first-order valence-electron chi connectivity index (χ1n) is 9.18. The minimum Gasteiger partial charge on any atom is -0.464 e. The van der Waals surface area contributed by atoms with Crippen molar-refractivity contribution in [1.29, 1.82) is 0 Å². The molecule has 0 atom stereocenters. The third kappa shape index (κ3) is 5.64. The second kappa shape index (κ2) is 9.10. The van der Waals surface area contributed by atoms with E-state index >= 15 is 0 Å². The molecule has 0 unspecified atom stereocenters. The number of nitrogens with one attached hydrogen (secondary N) is 1. The predicted molar refractivity (Wildman–Crippen MR) is 114 cm³/mol. The molecule has 0 saturated carbocycles. The SMILES string of the molecule is CC(C)(C)OC(=O)N(C(=O)O)c1nccc(Nc2cnnc(-c3cc(Cl)ccc3F)c2)n1. The van der Waals surface area contributed by atoms with E-state index in [1.807, 2.05) is 0 Å². The highest BCUT2D eigenvalue weighted by molar-refractivity contribution is 6.30. The molecule has 1 aromatic carbocycles. The number of rotatable bonds is 4. The lowest BCUT2D eigenvalue weighted by Crippen LogP contribution is -2.41. The van der Waals surface area contributed by atoms with Crippen molar-refractivity contribution in [2.24, 2.45) is 0 Å². The van der Waals surface area contributed by atoms with Gasteiger partial charge < -0.3 is 15.2 Å². The number of halogens is 2. The van der Waals surface area contributed by atoms with Gasteiger partial charge in [0.15, 0.2) is 0 Å². The van der Waals surface area contributed by atoms with Gasteiger partial charge in [-0.2, -0.15) is 15.2 Å². The number of anilines is 3. The number of amides is 2. The van der Waals surface area contributed by atoms with E-state index in [4.69, 9.17) is 16.3 Å². The molecule has 0 bridgehead atoms. The largest absolute Gasteiger partial charge is 0.464 e. The van der Waals surface area contributed by atoms with Crippen LogP contribution < -0.4 is 10.2 Å². The highest BCUT2D eigenvalue weighted by Gasteiger charge is 2.31. The average molecular weight is 461 g/mol. The maximum Gasteiger partial charge on any atom is 0.427 e. The van der Waals surface area contributed by atoms with Crippen LogP contribution in [0, 0.1) is 5.82 Å². The minimum atomic E-state index is -1.61. The van der Waals surface area contributed by atoms with Gasteiger partial charge >= 0.3 is 12.2 Å². The molecule has 12 heteroatoms. The van der Waals surface area contributed by atoms with Gasteiger partial charge in [0.05, 0.1) is 17.6 Å². The van der Waals surface area contributed by atoms with Crippen LogP contribution in [-0.2, 0) is 4.74 Å². The fourth-order valence-electron chi connectivity index (χ4n) is 2.49. The van der Waals surface area contributed by atoms with Gasteiger partial charge in [-0.15, -0.1) is 4.90 Å². The molecular weight excluding hydrogens is 443 g/mol. The fourth-order valence-corrected chi connectivity index (χ4v) is 2.66. The summed E-state index contributed by atoms with van der Waals surface area (Å²) in [7, 11) is 0. The van der Waals surface area contributed by atoms with Gasteiger partial charge in [0.2, 0.25) is 5.95 Å². The second-order valence-corrected chi connectivity index (χ2v) is 7.86. The predicted octanol–water partition coefficient (Wildman–Crippen LogP) is 4.89. The van der Waals surface area contributed by atoms with E-state index in [-0.39, 0.29) is 22.0 Å². The van der Waals surface area contributed by atoms with Gasteiger partial charge in [0.1, 0.15) is 17.2 Å². The van der Waals surface area contributed by atoms with Crippen molar-refractivity contribution in [3.8, 4) is 11.3 Å². The van der Waals surface area contributed by atoms with E-state index in [2.05, 4.69) is 25.5 Å². The second-order valence-electron chi connectivity index (χ2n) is 7.42. The smallest absolute Gasteiger partial charge is 0.427 e. The molecule has 0 radical (unpaired) electrons. The number of hydrogen-bond donors (Lipinski definition) is 2. The first-order valence-corrected chi connectivity index (χ1v) is 9.55. The first-order chi connectivity index (χ1) is 15.0. The molecule has 2 aromatic heterocycles. The molecule has 2 heterocycles. The number of aromatic nitrogens is 4. The summed E-state index contributed by atoms with van der Waals surface area (Å²) in [4.78, 5) is 32.1. The van der Waals surface area contributed by atoms with E-state index in [1.165, 1.54) is 42.7 Å². The lowest BCUT2D eigenvalue weighted by Gasteiger charge is -2.23. The van der Waals surface area contributed by atoms with Crippen molar-refractivity contribution in [2.45, 2.75) is 26.4 Å². The van der Waals surface area contributed by atoms with Crippen LogP contribution in [0.15, 0.2) is 42.7 Å². The molecule has 0 aliphatic heterocycles. The molecule has 0 saturated heterocycles. The van der Waals surface area contributed by atoms with Crippen LogP contribution >= 0.6 is 11.6 Å². The summed E-state index contributed by atoms with van der Waals surface area (Å²) in [5, 5.41) is 20.4. The molecule has 0 fully saturated rings. The number of nitrogens with zero attached hydrogens (tertiary/aromatic N) is 5. The van der Waals surface area contributed by atoms with Crippen LogP contribution in [0.25, 0.3) is 11.3 Å². The standard InChI is InChI=1S/C20H18ClFN6O4/c1-20(2,3)32-19(31)28(18(29)30)17-23-7-6-16(26-17)25-12-9-15(27-24-10-12)13-8-11(21)4-5-14(13)22/h4-10H,1-3H3,(H,29,30)(H,23,25,26,27). The Hall–Kier alpha value is -3.86.